The molecular weight excluding hydrogens is 248 g/mol. The van der Waals surface area contributed by atoms with E-state index >= 15 is 0 Å². The maximum atomic E-state index is 12.1. The Hall–Kier alpha value is -0.720. The Labute approximate surface area is 115 Å². The van der Waals surface area contributed by atoms with Crippen LogP contribution in [0.5, 0.6) is 0 Å². The molecule has 2 N–H and O–H groups in total. The van der Waals surface area contributed by atoms with Gasteiger partial charge in [0.05, 0.1) is 11.5 Å². The molecule has 0 saturated carbocycles. The molecule has 0 aliphatic carbocycles. The van der Waals surface area contributed by atoms with Gasteiger partial charge in [0.2, 0.25) is 5.91 Å². The molecule has 1 heterocycles. The van der Waals surface area contributed by atoms with Gasteiger partial charge in [-0.3, -0.25) is 9.69 Å². The Kier molecular flexibility index (Phi) is 5.98. The molecule has 1 aliphatic heterocycles. The van der Waals surface area contributed by atoms with E-state index in [0.29, 0.717) is 18.0 Å². The zero-order valence-electron chi connectivity index (χ0n) is 11.6. The van der Waals surface area contributed by atoms with Crippen LogP contribution in [0.2, 0.25) is 0 Å². The fourth-order valence-electron chi connectivity index (χ4n) is 1.97. The van der Waals surface area contributed by atoms with Crippen LogP contribution >= 0.6 is 12.2 Å². The molecule has 0 spiro atoms. The van der Waals surface area contributed by atoms with Crippen LogP contribution in [0.1, 0.15) is 13.3 Å². The van der Waals surface area contributed by atoms with Gasteiger partial charge in [-0.2, -0.15) is 0 Å². The fraction of sp³-hybridized carbons (Fsp3) is 0.833. The number of amides is 1. The lowest BCUT2D eigenvalue weighted by Crippen LogP contribution is -2.50. The number of thiocarbonyl (C=S) groups is 1. The van der Waals surface area contributed by atoms with Crippen LogP contribution in [0.3, 0.4) is 0 Å². The lowest BCUT2D eigenvalue weighted by atomic mass is 10.2. The minimum atomic E-state index is 0.195. The van der Waals surface area contributed by atoms with E-state index in [-0.39, 0.29) is 11.9 Å². The number of carbonyl (C=O) groups is 1. The summed E-state index contributed by atoms with van der Waals surface area (Å²) in [5.74, 6) is 0.195. The first-order valence-corrected chi connectivity index (χ1v) is 6.76. The molecule has 104 valence electrons. The summed E-state index contributed by atoms with van der Waals surface area (Å²) < 4.78 is 0. The van der Waals surface area contributed by atoms with E-state index in [4.69, 9.17) is 18.0 Å². The summed E-state index contributed by atoms with van der Waals surface area (Å²) >= 11 is 4.89. The third-order valence-electron chi connectivity index (χ3n) is 3.49. The Morgan fingerprint density at radius 3 is 2.44 bits per heavy atom. The molecule has 1 saturated heterocycles. The maximum Gasteiger partial charge on any atom is 0.236 e. The lowest BCUT2D eigenvalue weighted by molar-refractivity contribution is -0.134. The summed E-state index contributed by atoms with van der Waals surface area (Å²) in [5.41, 5.74) is 5.52. The van der Waals surface area contributed by atoms with Crippen molar-refractivity contribution in [3.8, 4) is 0 Å². The van der Waals surface area contributed by atoms with Gasteiger partial charge in [-0.05, 0) is 21.0 Å². The number of nitrogens with two attached hydrogens (primary N) is 1. The first-order valence-electron chi connectivity index (χ1n) is 6.35. The number of hydrogen-bond acceptors (Lipinski definition) is 4. The lowest BCUT2D eigenvalue weighted by Gasteiger charge is -2.34. The predicted octanol–water partition coefficient (Wildman–Crippen LogP) is -0.243. The van der Waals surface area contributed by atoms with Crippen molar-refractivity contribution >= 4 is 23.1 Å². The smallest absolute Gasteiger partial charge is 0.236 e. The van der Waals surface area contributed by atoms with Crippen LogP contribution in [-0.4, -0.2) is 78.5 Å². The Bertz CT molecular complexity index is 302. The summed E-state index contributed by atoms with van der Waals surface area (Å²) in [5, 5.41) is 0. The molecule has 1 amide bonds. The van der Waals surface area contributed by atoms with E-state index in [1.165, 1.54) is 0 Å². The highest BCUT2D eigenvalue weighted by Gasteiger charge is 2.21. The number of nitrogens with zero attached hydrogens (tertiary/aromatic N) is 3. The van der Waals surface area contributed by atoms with E-state index in [0.717, 1.165) is 26.2 Å². The molecular formula is C12H24N4OS. The summed E-state index contributed by atoms with van der Waals surface area (Å²) in [7, 11) is 4.02. The van der Waals surface area contributed by atoms with Crippen LogP contribution in [0.25, 0.3) is 0 Å². The Morgan fingerprint density at radius 2 is 1.94 bits per heavy atom. The molecule has 5 nitrogen and oxygen atoms in total. The highest BCUT2D eigenvalue weighted by Crippen LogP contribution is 2.04. The molecule has 1 rings (SSSR count). The van der Waals surface area contributed by atoms with Crippen molar-refractivity contribution in [2.45, 2.75) is 19.4 Å². The molecule has 1 aliphatic rings. The highest BCUT2D eigenvalue weighted by atomic mass is 32.1. The van der Waals surface area contributed by atoms with Gasteiger partial charge in [-0.15, -0.1) is 0 Å². The standard InChI is InChI=1S/C12H24N4OS/c1-10(8-11(13)18)15(3)9-12(17)16-6-4-14(2)5-7-16/h10H,4-9H2,1-3H3,(H2,13,18). The maximum absolute atomic E-state index is 12.1. The molecule has 18 heavy (non-hydrogen) atoms. The molecule has 6 heteroatoms. The van der Waals surface area contributed by atoms with Crippen molar-refractivity contribution < 1.29 is 4.79 Å². The second kappa shape index (κ2) is 7.01. The van der Waals surface area contributed by atoms with Crippen molar-refractivity contribution in [1.82, 2.24) is 14.7 Å². The average molecular weight is 272 g/mol. The third kappa shape index (κ3) is 4.88. The summed E-state index contributed by atoms with van der Waals surface area (Å²) in [6.45, 7) is 6.04. The van der Waals surface area contributed by atoms with Gasteiger partial charge >= 0.3 is 0 Å². The highest BCUT2D eigenvalue weighted by molar-refractivity contribution is 7.80. The number of piperazine rings is 1. The number of carbonyl (C=O) groups excluding carboxylic acids is 1. The summed E-state index contributed by atoms with van der Waals surface area (Å²) in [6, 6.07) is 0.207. The van der Waals surface area contributed by atoms with Crippen molar-refractivity contribution in [3.63, 3.8) is 0 Å². The molecule has 0 bridgehead atoms. The second-order valence-corrected chi connectivity index (χ2v) is 5.64. The van der Waals surface area contributed by atoms with E-state index in [1.807, 2.05) is 23.8 Å². The van der Waals surface area contributed by atoms with Gasteiger partial charge in [0.1, 0.15) is 0 Å². The molecule has 1 unspecified atom stereocenters. The van der Waals surface area contributed by atoms with Gasteiger partial charge in [-0.25, -0.2) is 0 Å². The quantitative estimate of drug-likeness (QED) is 0.700. The van der Waals surface area contributed by atoms with Gasteiger partial charge < -0.3 is 15.5 Å². The topological polar surface area (TPSA) is 52.8 Å². The molecule has 1 atom stereocenters. The zero-order chi connectivity index (χ0) is 13.7. The third-order valence-corrected chi connectivity index (χ3v) is 3.66. The van der Waals surface area contributed by atoms with Crippen LogP contribution < -0.4 is 5.73 Å². The van der Waals surface area contributed by atoms with Crippen molar-refractivity contribution in [2.75, 3.05) is 46.8 Å². The Morgan fingerprint density at radius 1 is 1.39 bits per heavy atom. The molecule has 1 fully saturated rings. The number of likely N-dealkylation sites (N-methyl/N-ethyl adjacent to an activating group) is 2. The van der Waals surface area contributed by atoms with E-state index < -0.39 is 0 Å². The minimum absolute atomic E-state index is 0.195. The van der Waals surface area contributed by atoms with Crippen molar-refractivity contribution in [3.05, 3.63) is 0 Å². The Balaban J connectivity index is 2.37. The van der Waals surface area contributed by atoms with Gasteiger partial charge in [0.25, 0.3) is 0 Å². The van der Waals surface area contributed by atoms with Crippen LogP contribution in [0, 0.1) is 0 Å². The molecule has 0 radical (unpaired) electrons. The largest absolute Gasteiger partial charge is 0.393 e. The van der Waals surface area contributed by atoms with Crippen molar-refractivity contribution in [1.29, 1.82) is 0 Å². The van der Waals surface area contributed by atoms with Crippen LogP contribution in [0.4, 0.5) is 0 Å². The first-order chi connectivity index (χ1) is 8.40. The monoisotopic (exact) mass is 272 g/mol. The SMILES string of the molecule is CC(CC(N)=S)N(C)CC(=O)N1CCN(C)CC1. The van der Waals surface area contributed by atoms with E-state index in [9.17, 15) is 4.79 Å². The normalized spacial score (nSPS) is 19.0. The fourth-order valence-corrected chi connectivity index (χ4v) is 2.21. The number of rotatable bonds is 5. The van der Waals surface area contributed by atoms with Gasteiger partial charge in [0, 0.05) is 38.6 Å². The summed E-state index contributed by atoms with van der Waals surface area (Å²) in [4.78, 5) is 18.8. The van der Waals surface area contributed by atoms with Crippen LogP contribution in [-0.2, 0) is 4.79 Å². The predicted molar refractivity (Wildman–Crippen MR) is 77.6 cm³/mol. The molecule has 0 aromatic rings. The minimum Gasteiger partial charge on any atom is -0.393 e. The van der Waals surface area contributed by atoms with Gasteiger partial charge in [-0.1, -0.05) is 12.2 Å². The van der Waals surface area contributed by atoms with Gasteiger partial charge in [0.15, 0.2) is 0 Å². The number of hydrogen-bond donors (Lipinski definition) is 1. The zero-order valence-corrected chi connectivity index (χ0v) is 12.4. The van der Waals surface area contributed by atoms with Crippen molar-refractivity contribution in [2.24, 2.45) is 5.73 Å². The molecule has 0 aromatic carbocycles. The van der Waals surface area contributed by atoms with Crippen LogP contribution in [0.15, 0.2) is 0 Å². The van der Waals surface area contributed by atoms with E-state index in [1.54, 1.807) is 0 Å². The van der Waals surface area contributed by atoms with E-state index in [2.05, 4.69) is 11.9 Å². The summed E-state index contributed by atoms with van der Waals surface area (Å²) in [6.07, 6.45) is 0.655. The first kappa shape index (κ1) is 15.3. The average Bonchev–Trinajstić information content (AvgIpc) is 2.28. The second-order valence-electron chi connectivity index (χ2n) is 5.12. The molecule has 0 aromatic heterocycles.